The Hall–Kier alpha value is -2.43. The zero-order valence-corrected chi connectivity index (χ0v) is 9.16. The van der Waals surface area contributed by atoms with Crippen LogP contribution in [0.25, 0.3) is 0 Å². The van der Waals surface area contributed by atoms with Gasteiger partial charge >= 0.3 is 0 Å². The van der Waals surface area contributed by atoms with E-state index in [1.807, 2.05) is 0 Å². The van der Waals surface area contributed by atoms with Crippen LogP contribution in [0.2, 0.25) is 0 Å². The second-order valence-electron chi connectivity index (χ2n) is 3.00. The van der Waals surface area contributed by atoms with Crippen molar-refractivity contribution in [2.24, 2.45) is 0 Å². The predicted molar refractivity (Wildman–Crippen MR) is 60.4 cm³/mol. The fourth-order valence-electron chi connectivity index (χ4n) is 1.04. The molecule has 90 valence electrons. The molecule has 0 aliphatic heterocycles. The molecule has 1 aromatic carbocycles. The van der Waals surface area contributed by atoms with E-state index in [4.69, 9.17) is 14.9 Å². The molecule has 2 rings (SSSR count). The SMILES string of the molecule is COc1cc(C=O)ccc1O.Oc1ccco1. The average molecular weight is 236 g/mol. The molecule has 0 fully saturated rings. The minimum Gasteiger partial charge on any atom is -0.504 e. The Morgan fingerprint density at radius 2 is 2.06 bits per heavy atom. The van der Waals surface area contributed by atoms with Crippen LogP contribution in [0.1, 0.15) is 10.4 Å². The van der Waals surface area contributed by atoms with Crippen LogP contribution in [0.4, 0.5) is 0 Å². The lowest BCUT2D eigenvalue weighted by Crippen LogP contribution is -1.85. The molecule has 2 N–H and O–H groups in total. The van der Waals surface area contributed by atoms with Gasteiger partial charge in [-0.1, -0.05) is 0 Å². The van der Waals surface area contributed by atoms with Gasteiger partial charge in [-0.3, -0.25) is 4.79 Å². The summed E-state index contributed by atoms with van der Waals surface area (Å²) >= 11 is 0. The first-order valence-corrected chi connectivity index (χ1v) is 4.72. The topological polar surface area (TPSA) is 79.9 Å². The van der Waals surface area contributed by atoms with E-state index in [1.165, 1.54) is 37.6 Å². The van der Waals surface area contributed by atoms with Crippen LogP contribution >= 0.6 is 0 Å². The number of benzene rings is 1. The van der Waals surface area contributed by atoms with Crippen molar-refractivity contribution in [1.82, 2.24) is 0 Å². The summed E-state index contributed by atoms with van der Waals surface area (Å²) < 4.78 is 9.17. The van der Waals surface area contributed by atoms with Gasteiger partial charge in [-0.25, -0.2) is 0 Å². The first kappa shape index (κ1) is 12.6. The van der Waals surface area contributed by atoms with Crippen molar-refractivity contribution < 1.29 is 24.2 Å². The number of carbonyl (C=O) groups is 1. The van der Waals surface area contributed by atoms with Gasteiger partial charge in [-0.05, 0) is 24.3 Å². The quantitative estimate of drug-likeness (QED) is 0.781. The highest BCUT2D eigenvalue weighted by Gasteiger charge is 2.00. The Morgan fingerprint density at radius 1 is 1.29 bits per heavy atom. The number of aldehydes is 1. The van der Waals surface area contributed by atoms with Crippen LogP contribution < -0.4 is 4.74 Å². The predicted octanol–water partition coefficient (Wildman–Crippen LogP) is 2.20. The number of ether oxygens (including phenoxy) is 1. The standard InChI is InChI=1S/C8H8O3.C4H4O2/c1-11-8-4-6(5-9)2-3-7(8)10;5-4-2-1-3-6-4/h2-5,10H,1H3;1-3,5H. The average Bonchev–Trinajstić information content (AvgIpc) is 2.82. The van der Waals surface area contributed by atoms with Crippen molar-refractivity contribution in [1.29, 1.82) is 0 Å². The molecule has 0 spiro atoms. The number of methoxy groups -OCH3 is 1. The van der Waals surface area contributed by atoms with Crippen LogP contribution in [0.15, 0.2) is 41.0 Å². The number of phenols is 1. The smallest absolute Gasteiger partial charge is 0.281 e. The van der Waals surface area contributed by atoms with Crippen molar-refractivity contribution in [2.45, 2.75) is 0 Å². The van der Waals surface area contributed by atoms with E-state index < -0.39 is 0 Å². The third-order valence-electron chi connectivity index (χ3n) is 1.85. The summed E-state index contributed by atoms with van der Waals surface area (Å²) in [7, 11) is 1.43. The number of hydrogen-bond acceptors (Lipinski definition) is 5. The van der Waals surface area contributed by atoms with Gasteiger partial charge in [-0.15, -0.1) is 0 Å². The molecule has 0 saturated carbocycles. The minimum absolute atomic E-state index is 0.0324. The van der Waals surface area contributed by atoms with Gasteiger partial charge in [0.25, 0.3) is 5.95 Å². The lowest BCUT2D eigenvalue weighted by molar-refractivity contribution is 0.112. The van der Waals surface area contributed by atoms with Gasteiger partial charge in [0.1, 0.15) is 6.29 Å². The van der Waals surface area contributed by atoms with Crippen molar-refractivity contribution >= 4 is 6.29 Å². The first-order valence-electron chi connectivity index (χ1n) is 4.72. The highest BCUT2D eigenvalue weighted by Crippen LogP contribution is 2.25. The van der Waals surface area contributed by atoms with E-state index in [9.17, 15) is 4.79 Å². The number of rotatable bonds is 2. The molecule has 0 bridgehead atoms. The van der Waals surface area contributed by atoms with Gasteiger partial charge in [0, 0.05) is 11.6 Å². The summed E-state index contributed by atoms with van der Waals surface area (Å²) in [4.78, 5) is 10.2. The molecule has 0 aliphatic carbocycles. The fraction of sp³-hybridized carbons (Fsp3) is 0.0833. The van der Waals surface area contributed by atoms with E-state index in [2.05, 4.69) is 4.42 Å². The molecule has 2 aromatic rings. The summed E-state index contributed by atoms with van der Waals surface area (Å²) in [6.45, 7) is 0. The molecule has 0 aliphatic rings. The van der Waals surface area contributed by atoms with Crippen LogP contribution in [-0.4, -0.2) is 23.6 Å². The Labute approximate surface area is 97.9 Å². The molecule has 5 nitrogen and oxygen atoms in total. The molecule has 0 unspecified atom stereocenters. The largest absolute Gasteiger partial charge is 0.504 e. The maximum atomic E-state index is 10.2. The zero-order valence-electron chi connectivity index (χ0n) is 9.16. The number of hydrogen-bond donors (Lipinski definition) is 2. The van der Waals surface area contributed by atoms with E-state index in [0.717, 1.165) is 0 Å². The Balaban J connectivity index is 0.000000202. The molecular weight excluding hydrogens is 224 g/mol. The molecule has 5 heteroatoms. The van der Waals surface area contributed by atoms with E-state index in [1.54, 1.807) is 6.07 Å². The summed E-state index contributed by atoms with van der Waals surface area (Å²) in [6, 6.07) is 7.51. The summed E-state index contributed by atoms with van der Waals surface area (Å²) in [5, 5.41) is 17.4. The molecule has 1 heterocycles. The number of furan rings is 1. The Morgan fingerprint density at radius 3 is 2.47 bits per heavy atom. The van der Waals surface area contributed by atoms with E-state index >= 15 is 0 Å². The third-order valence-corrected chi connectivity index (χ3v) is 1.85. The molecular formula is C12H12O5. The molecule has 0 radical (unpaired) electrons. The third kappa shape index (κ3) is 3.90. The number of aromatic hydroxyl groups is 2. The van der Waals surface area contributed by atoms with Gasteiger partial charge in [-0.2, -0.15) is 0 Å². The molecule has 17 heavy (non-hydrogen) atoms. The maximum absolute atomic E-state index is 10.2. The lowest BCUT2D eigenvalue weighted by atomic mass is 10.2. The molecule has 0 amide bonds. The molecule has 1 aromatic heterocycles. The van der Waals surface area contributed by atoms with Crippen LogP contribution in [0, 0.1) is 0 Å². The zero-order chi connectivity index (χ0) is 12.7. The van der Waals surface area contributed by atoms with E-state index in [0.29, 0.717) is 17.6 Å². The van der Waals surface area contributed by atoms with Crippen molar-refractivity contribution in [3.8, 4) is 17.4 Å². The van der Waals surface area contributed by atoms with Gasteiger partial charge < -0.3 is 19.4 Å². The second kappa shape index (κ2) is 6.22. The Kier molecular flexibility index (Phi) is 4.62. The van der Waals surface area contributed by atoms with Crippen molar-refractivity contribution in [3.63, 3.8) is 0 Å². The van der Waals surface area contributed by atoms with E-state index in [-0.39, 0.29) is 11.7 Å². The molecule has 0 saturated heterocycles. The van der Waals surface area contributed by atoms with Crippen molar-refractivity contribution in [3.05, 3.63) is 42.2 Å². The fourth-order valence-corrected chi connectivity index (χ4v) is 1.04. The summed E-state index contributed by atoms with van der Waals surface area (Å²) in [6.07, 6.45) is 2.11. The lowest BCUT2D eigenvalue weighted by Gasteiger charge is -2.01. The monoisotopic (exact) mass is 236 g/mol. The Bertz CT molecular complexity index is 462. The highest BCUT2D eigenvalue weighted by molar-refractivity contribution is 5.76. The molecule has 0 atom stereocenters. The minimum atomic E-state index is -0.0324. The van der Waals surface area contributed by atoms with Crippen molar-refractivity contribution in [2.75, 3.05) is 7.11 Å². The second-order valence-corrected chi connectivity index (χ2v) is 3.00. The van der Waals surface area contributed by atoms with Gasteiger partial charge in [0.15, 0.2) is 11.5 Å². The van der Waals surface area contributed by atoms with Crippen LogP contribution in [-0.2, 0) is 0 Å². The van der Waals surface area contributed by atoms with Gasteiger partial charge in [0.05, 0.1) is 13.4 Å². The highest BCUT2D eigenvalue weighted by atomic mass is 16.5. The van der Waals surface area contributed by atoms with Crippen LogP contribution in [0.3, 0.4) is 0 Å². The summed E-state index contributed by atoms with van der Waals surface area (Å²) in [5.74, 6) is 0.322. The number of carbonyl (C=O) groups excluding carboxylic acids is 1. The normalized spacial score (nSPS) is 9.00. The van der Waals surface area contributed by atoms with Gasteiger partial charge in [0.2, 0.25) is 0 Å². The maximum Gasteiger partial charge on any atom is 0.281 e. The number of phenolic OH excluding ortho intramolecular Hbond substituents is 1. The van der Waals surface area contributed by atoms with Crippen LogP contribution in [0.5, 0.6) is 17.4 Å². The summed E-state index contributed by atoms with van der Waals surface area (Å²) in [5.41, 5.74) is 0.486. The first-order chi connectivity index (χ1) is 8.17.